The molecule has 0 aromatic heterocycles. The van der Waals surface area contributed by atoms with Crippen molar-refractivity contribution in [1.29, 1.82) is 0 Å². The molecule has 1 N–H and O–H groups in total. The first-order valence-corrected chi connectivity index (χ1v) is 8.70. The van der Waals surface area contributed by atoms with Crippen molar-refractivity contribution in [1.82, 2.24) is 5.48 Å². The molecule has 1 unspecified atom stereocenters. The van der Waals surface area contributed by atoms with Crippen molar-refractivity contribution in [3.05, 3.63) is 66.2 Å². The van der Waals surface area contributed by atoms with Gasteiger partial charge in [0.2, 0.25) is 5.91 Å². The van der Waals surface area contributed by atoms with E-state index in [2.05, 4.69) is 5.48 Å². The molecule has 0 saturated carbocycles. The lowest BCUT2D eigenvalue weighted by Crippen LogP contribution is -2.40. The van der Waals surface area contributed by atoms with E-state index in [-0.39, 0.29) is 11.7 Å². The number of amides is 1. The van der Waals surface area contributed by atoms with Gasteiger partial charge < -0.3 is 0 Å². The van der Waals surface area contributed by atoms with Crippen molar-refractivity contribution in [2.75, 3.05) is 5.75 Å². The molecule has 0 heterocycles. The van der Waals surface area contributed by atoms with Gasteiger partial charge in [-0.2, -0.15) is 0 Å². The van der Waals surface area contributed by atoms with Gasteiger partial charge in [-0.3, -0.25) is 13.8 Å². The predicted octanol–water partition coefficient (Wildman–Crippen LogP) is 3.07. The topological polar surface area (TPSA) is 55.4 Å². The molecule has 5 heteroatoms. The van der Waals surface area contributed by atoms with Gasteiger partial charge >= 0.3 is 0 Å². The zero-order valence-corrected chi connectivity index (χ0v) is 14.1. The molecule has 2 aromatic carbocycles. The van der Waals surface area contributed by atoms with Crippen molar-refractivity contribution in [2.45, 2.75) is 25.3 Å². The molecule has 0 spiro atoms. The van der Waals surface area contributed by atoms with Gasteiger partial charge in [-0.05, 0) is 17.7 Å². The van der Waals surface area contributed by atoms with Crippen molar-refractivity contribution < 1.29 is 13.8 Å². The Kier molecular flexibility index (Phi) is 6.07. The molecule has 0 aliphatic carbocycles. The lowest BCUT2D eigenvalue weighted by atomic mass is 9.96. The number of nitrogens with one attached hydrogen (secondary N) is 1. The molecule has 122 valence electrons. The lowest BCUT2D eigenvalue weighted by Gasteiger charge is -2.22. The van der Waals surface area contributed by atoms with Gasteiger partial charge in [0, 0.05) is 10.6 Å². The molecule has 0 aliphatic heterocycles. The van der Waals surface area contributed by atoms with Crippen molar-refractivity contribution >= 4 is 16.7 Å². The summed E-state index contributed by atoms with van der Waals surface area (Å²) in [6.07, 6.45) is 0. The standard InChI is InChI=1S/C18H21NO3S/c1-18(2,14-23(21)16-11-7-4-8-12-16)17(20)19-22-13-15-9-5-3-6-10-15/h3-12H,13-14H2,1-2H3,(H,19,20). The minimum Gasteiger partial charge on any atom is -0.272 e. The van der Waals surface area contributed by atoms with Gasteiger partial charge in [-0.25, -0.2) is 5.48 Å². The molecule has 2 aromatic rings. The molecule has 4 nitrogen and oxygen atoms in total. The largest absolute Gasteiger partial charge is 0.272 e. The molecule has 1 atom stereocenters. The van der Waals surface area contributed by atoms with E-state index in [1.54, 1.807) is 26.0 Å². The van der Waals surface area contributed by atoms with E-state index in [4.69, 9.17) is 4.84 Å². The zero-order valence-electron chi connectivity index (χ0n) is 13.3. The number of benzene rings is 2. The quantitative estimate of drug-likeness (QED) is 0.793. The molecule has 0 fully saturated rings. The summed E-state index contributed by atoms with van der Waals surface area (Å²) in [5, 5.41) is 0. The van der Waals surface area contributed by atoms with Gasteiger partial charge in [-0.1, -0.05) is 62.4 Å². The summed E-state index contributed by atoms with van der Waals surface area (Å²) >= 11 is 0. The maximum atomic E-state index is 12.4. The summed E-state index contributed by atoms with van der Waals surface area (Å²) in [6, 6.07) is 18.7. The highest BCUT2D eigenvalue weighted by Crippen LogP contribution is 2.20. The van der Waals surface area contributed by atoms with E-state index in [1.165, 1.54) is 0 Å². The first-order valence-electron chi connectivity index (χ1n) is 7.38. The number of hydroxylamine groups is 1. The van der Waals surface area contributed by atoms with Crippen LogP contribution in [0.4, 0.5) is 0 Å². The van der Waals surface area contributed by atoms with Crippen molar-refractivity contribution in [2.24, 2.45) is 5.41 Å². The van der Waals surface area contributed by atoms with E-state index in [1.807, 2.05) is 48.5 Å². The van der Waals surface area contributed by atoms with Crippen LogP contribution in [0.2, 0.25) is 0 Å². The molecule has 0 radical (unpaired) electrons. The van der Waals surface area contributed by atoms with E-state index in [0.717, 1.165) is 10.5 Å². The Bertz CT molecular complexity index is 656. The average molecular weight is 331 g/mol. The van der Waals surface area contributed by atoms with Gasteiger partial charge in [0.15, 0.2) is 0 Å². The Morgan fingerprint density at radius 2 is 1.61 bits per heavy atom. The van der Waals surface area contributed by atoms with Gasteiger partial charge in [0.05, 0.1) is 22.8 Å². The Labute approximate surface area is 139 Å². The Hall–Kier alpha value is -1.98. The van der Waals surface area contributed by atoms with Crippen LogP contribution in [0, 0.1) is 5.41 Å². The predicted molar refractivity (Wildman–Crippen MR) is 90.9 cm³/mol. The monoisotopic (exact) mass is 331 g/mol. The van der Waals surface area contributed by atoms with Crippen LogP contribution >= 0.6 is 0 Å². The summed E-state index contributed by atoms with van der Waals surface area (Å²) in [4.78, 5) is 18.2. The van der Waals surface area contributed by atoms with Gasteiger partial charge in [-0.15, -0.1) is 0 Å². The third-order valence-corrected chi connectivity index (χ3v) is 5.14. The normalized spacial score (nSPS) is 12.6. The summed E-state index contributed by atoms with van der Waals surface area (Å²) < 4.78 is 12.4. The van der Waals surface area contributed by atoms with Crippen LogP contribution in [-0.4, -0.2) is 15.9 Å². The van der Waals surface area contributed by atoms with Crippen LogP contribution in [0.3, 0.4) is 0 Å². The van der Waals surface area contributed by atoms with Gasteiger partial charge in [0.25, 0.3) is 0 Å². The molecular formula is C18H21NO3S. The van der Waals surface area contributed by atoms with Crippen LogP contribution in [0.5, 0.6) is 0 Å². The second-order valence-electron chi connectivity index (χ2n) is 5.89. The van der Waals surface area contributed by atoms with Crippen molar-refractivity contribution in [3.63, 3.8) is 0 Å². The molecule has 1 amide bonds. The van der Waals surface area contributed by atoms with Crippen molar-refractivity contribution in [3.8, 4) is 0 Å². The second-order valence-corrected chi connectivity index (χ2v) is 7.34. The van der Waals surface area contributed by atoms with E-state index < -0.39 is 16.2 Å². The fourth-order valence-corrected chi connectivity index (χ4v) is 3.36. The van der Waals surface area contributed by atoms with Crippen LogP contribution in [0.15, 0.2) is 65.6 Å². The highest BCUT2D eigenvalue weighted by atomic mass is 32.2. The number of carbonyl (C=O) groups is 1. The lowest BCUT2D eigenvalue weighted by molar-refractivity contribution is -0.142. The fourth-order valence-electron chi connectivity index (χ4n) is 1.95. The molecule has 0 bridgehead atoms. The average Bonchev–Trinajstić information content (AvgIpc) is 2.56. The SMILES string of the molecule is CC(C)(CS(=O)c1ccccc1)C(=O)NOCc1ccccc1. The highest BCUT2D eigenvalue weighted by Gasteiger charge is 2.30. The minimum atomic E-state index is -1.23. The number of hydrogen-bond acceptors (Lipinski definition) is 3. The highest BCUT2D eigenvalue weighted by molar-refractivity contribution is 7.85. The molecular weight excluding hydrogens is 310 g/mol. The fraction of sp³-hybridized carbons (Fsp3) is 0.278. The third kappa shape index (κ3) is 5.30. The first kappa shape index (κ1) is 17.4. The second kappa shape index (κ2) is 8.04. The number of hydrogen-bond donors (Lipinski definition) is 1. The summed E-state index contributed by atoms with van der Waals surface area (Å²) in [5.41, 5.74) is 2.63. The van der Waals surface area contributed by atoms with E-state index >= 15 is 0 Å². The van der Waals surface area contributed by atoms with E-state index in [9.17, 15) is 9.00 Å². The molecule has 0 aliphatic rings. The maximum Gasteiger partial charge on any atom is 0.250 e. The number of carbonyl (C=O) groups excluding carboxylic acids is 1. The minimum absolute atomic E-state index is 0.234. The molecule has 0 saturated heterocycles. The van der Waals surface area contributed by atoms with Crippen LogP contribution in [0.1, 0.15) is 19.4 Å². The smallest absolute Gasteiger partial charge is 0.250 e. The summed E-state index contributed by atoms with van der Waals surface area (Å²) in [6.45, 7) is 3.81. The first-order chi connectivity index (χ1) is 11.0. The molecule has 2 rings (SSSR count). The van der Waals surface area contributed by atoms with Gasteiger partial charge in [0.1, 0.15) is 0 Å². The summed E-state index contributed by atoms with van der Waals surface area (Å²) in [7, 11) is -1.23. The Morgan fingerprint density at radius 1 is 1.04 bits per heavy atom. The third-order valence-electron chi connectivity index (χ3n) is 3.36. The van der Waals surface area contributed by atoms with Crippen LogP contribution in [0.25, 0.3) is 0 Å². The van der Waals surface area contributed by atoms with E-state index in [0.29, 0.717) is 6.61 Å². The Morgan fingerprint density at radius 3 is 2.22 bits per heavy atom. The summed E-state index contributed by atoms with van der Waals surface area (Å²) in [5.74, 6) is -0.0462. The number of rotatable bonds is 7. The van der Waals surface area contributed by atoms with Crippen LogP contribution < -0.4 is 5.48 Å². The van der Waals surface area contributed by atoms with Crippen LogP contribution in [-0.2, 0) is 27.0 Å². The Balaban J connectivity index is 1.86. The zero-order chi connectivity index (χ0) is 16.7. The molecule has 23 heavy (non-hydrogen) atoms. The maximum absolute atomic E-state index is 12.4.